The number of halogens is 4. The predicted octanol–water partition coefficient (Wildman–Crippen LogP) is 4.97. The Bertz CT molecular complexity index is 691. The monoisotopic (exact) mass is 362 g/mol. The maximum atomic E-state index is 12.4. The number of carbonyl (C=O) groups is 1. The number of nitrogens with zero attached hydrogens (tertiary/aromatic N) is 2. The van der Waals surface area contributed by atoms with E-state index in [9.17, 15) is 4.79 Å². The molecule has 7 heteroatoms. The Morgan fingerprint density at radius 2 is 1.81 bits per heavy atom. The van der Waals surface area contributed by atoms with Crippen molar-refractivity contribution >= 4 is 52.3 Å². The van der Waals surface area contributed by atoms with E-state index in [1.807, 2.05) is 0 Å². The summed E-state index contributed by atoms with van der Waals surface area (Å²) in [6.07, 6.45) is 0. The Morgan fingerprint density at radius 3 is 2.52 bits per heavy atom. The summed E-state index contributed by atoms with van der Waals surface area (Å²) in [6, 6.07) is 8.31. The molecular weight excluding hydrogens is 354 g/mol. The molecule has 0 atom stereocenters. The highest BCUT2D eigenvalue weighted by atomic mass is 35.5. The molecule has 0 aliphatic heterocycles. The van der Waals surface area contributed by atoms with Crippen LogP contribution in [0, 0.1) is 0 Å². The number of pyridine rings is 1. The number of rotatable bonds is 3. The normalized spacial score (nSPS) is 10.5. The molecule has 1 aromatic carbocycles. The van der Waals surface area contributed by atoms with Gasteiger partial charge in [-0.3, -0.25) is 4.79 Å². The highest BCUT2D eigenvalue weighted by molar-refractivity contribution is 6.42. The van der Waals surface area contributed by atoms with Crippen LogP contribution in [0.25, 0.3) is 0 Å². The van der Waals surface area contributed by atoms with Crippen LogP contribution in [0.1, 0.15) is 16.1 Å². The van der Waals surface area contributed by atoms with Gasteiger partial charge in [0.05, 0.1) is 15.1 Å². The van der Waals surface area contributed by atoms with Crippen molar-refractivity contribution in [3.63, 3.8) is 0 Å². The molecule has 0 unspecified atom stereocenters. The number of carbonyl (C=O) groups excluding carboxylic acids is 1. The standard InChI is InChI=1S/C14H10Cl4N2O/c1-20(7-8-3-2-4-9(15)12(8)18)14(21)13-10(16)5-6-11(17)19-13/h2-6H,7H2,1H3. The van der Waals surface area contributed by atoms with Gasteiger partial charge in [-0.25, -0.2) is 4.98 Å². The average Bonchev–Trinajstić information content (AvgIpc) is 2.45. The second-order valence-corrected chi connectivity index (χ2v) is 5.92. The van der Waals surface area contributed by atoms with Crippen LogP contribution in [0.15, 0.2) is 30.3 Å². The molecule has 2 rings (SSSR count). The molecule has 0 bridgehead atoms. The molecule has 0 N–H and O–H groups in total. The molecule has 110 valence electrons. The van der Waals surface area contributed by atoms with Gasteiger partial charge in [0, 0.05) is 13.6 Å². The molecule has 0 saturated carbocycles. The minimum Gasteiger partial charge on any atom is -0.336 e. The van der Waals surface area contributed by atoms with Gasteiger partial charge in [-0.2, -0.15) is 0 Å². The van der Waals surface area contributed by atoms with Gasteiger partial charge >= 0.3 is 0 Å². The van der Waals surface area contributed by atoms with E-state index in [0.717, 1.165) is 5.56 Å². The Morgan fingerprint density at radius 1 is 1.10 bits per heavy atom. The lowest BCUT2D eigenvalue weighted by molar-refractivity contribution is 0.0779. The van der Waals surface area contributed by atoms with Gasteiger partial charge in [0.25, 0.3) is 5.91 Å². The van der Waals surface area contributed by atoms with Gasteiger partial charge in [0.2, 0.25) is 0 Å². The van der Waals surface area contributed by atoms with Crippen LogP contribution in [0.2, 0.25) is 20.2 Å². The maximum Gasteiger partial charge on any atom is 0.274 e. The molecule has 0 spiro atoms. The van der Waals surface area contributed by atoms with Crippen molar-refractivity contribution in [1.82, 2.24) is 9.88 Å². The van der Waals surface area contributed by atoms with E-state index in [-0.39, 0.29) is 28.3 Å². The van der Waals surface area contributed by atoms with Gasteiger partial charge in [-0.1, -0.05) is 58.5 Å². The van der Waals surface area contributed by atoms with Gasteiger partial charge in [0.1, 0.15) is 10.8 Å². The SMILES string of the molecule is CN(Cc1cccc(Cl)c1Cl)C(=O)c1nc(Cl)ccc1Cl. The number of amides is 1. The van der Waals surface area contributed by atoms with Crippen LogP contribution in [0.5, 0.6) is 0 Å². The lowest BCUT2D eigenvalue weighted by Gasteiger charge is -2.18. The molecular formula is C14H10Cl4N2O. The lowest BCUT2D eigenvalue weighted by atomic mass is 10.2. The van der Waals surface area contributed by atoms with E-state index >= 15 is 0 Å². The highest BCUT2D eigenvalue weighted by Crippen LogP contribution is 2.27. The summed E-state index contributed by atoms with van der Waals surface area (Å²) in [5, 5.41) is 1.31. The minimum absolute atomic E-state index is 0.102. The number of hydrogen-bond acceptors (Lipinski definition) is 2. The zero-order valence-electron chi connectivity index (χ0n) is 10.9. The summed E-state index contributed by atoms with van der Waals surface area (Å²) < 4.78 is 0. The molecule has 0 aliphatic carbocycles. The molecule has 1 amide bonds. The first kappa shape index (κ1) is 16.4. The van der Waals surface area contributed by atoms with Crippen molar-refractivity contribution in [3.8, 4) is 0 Å². The van der Waals surface area contributed by atoms with Crippen molar-refractivity contribution < 1.29 is 4.79 Å². The first-order valence-corrected chi connectivity index (χ1v) is 7.41. The van der Waals surface area contributed by atoms with E-state index in [1.165, 1.54) is 17.0 Å². The van der Waals surface area contributed by atoms with Gasteiger partial charge in [0.15, 0.2) is 0 Å². The van der Waals surface area contributed by atoms with E-state index in [4.69, 9.17) is 46.4 Å². The number of benzene rings is 1. The van der Waals surface area contributed by atoms with E-state index in [2.05, 4.69) is 4.98 Å². The molecule has 2 aromatic rings. The molecule has 0 radical (unpaired) electrons. The lowest BCUT2D eigenvalue weighted by Crippen LogP contribution is -2.27. The zero-order chi connectivity index (χ0) is 15.6. The maximum absolute atomic E-state index is 12.4. The third-order valence-electron chi connectivity index (χ3n) is 2.80. The van der Waals surface area contributed by atoms with Gasteiger partial charge < -0.3 is 4.90 Å². The molecule has 1 aromatic heterocycles. The molecule has 21 heavy (non-hydrogen) atoms. The number of aromatic nitrogens is 1. The second-order valence-electron chi connectivity index (χ2n) is 4.34. The van der Waals surface area contributed by atoms with Crippen LogP contribution >= 0.6 is 46.4 Å². The van der Waals surface area contributed by atoms with Crippen LogP contribution in [-0.2, 0) is 6.54 Å². The molecule has 0 saturated heterocycles. The summed E-state index contributed by atoms with van der Waals surface area (Å²) in [4.78, 5) is 17.8. The summed E-state index contributed by atoms with van der Waals surface area (Å²) in [7, 11) is 1.62. The van der Waals surface area contributed by atoms with Crippen molar-refractivity contribution in [2.24, 2.45) is 0 Å². The first-order valence-electron chi connectivity index (χ1n) is 5.90. The third kappa shape index (κ3) is 3.80. The fourth-order valence-electron chi connectivity index (χ4n) is 1.75. The van der Waals surface area contributed by atoms with Crippen LogP contribution in [0.3, 0.4) is 0 Å². The number of hydrogen-bond donors (Lipinski definition) is 0. The Labute approximate surface area is 142 Å². The average molecular weight is 364 g/mol. The molecule has 3 nitrogen and oxygen atoms in total. The van der Waals surface area contributed by atoms with E-state index < -0.39 is 0 Å². The van der Waals surface area contributed by atoms with E-state index in [1.54, 1.807) is 25.2 Å². The molecule has 0 fully saturated rings. The van der Waals surface area contributed by atoms with E-state index in [0.29, 0.717) is 10.0 Å². The fourth-order valence-corrected chi connectivity index (χ4v) is 2.46. The van der Waals surface area contributed by atoms with Crippen molar-refractivity contribution in [2.45, 2.75) is 6.54 Å². The van der Waals surface area contributed by atoms with Crippen LogP contribution in [0.4, 0.5) is 0 Å². The van der Waals surface area contributed by atoms with Crippen LogP contribution in [-0.4, -0.2) is 22.8 Å². The molecule has 1 heterocycles. The third-order valence-corrected chi connectivity index (χ3v) is 4.17. The summed E-state index contributed by atoms with van der Waals surface area (Å²) in [5.74, 6) is -0.349. The Kier molecular flexibility index (Phi) is 5.33. The smallest absolute Gasteiger partial charge is 0.274 e. The summed E-state index contributed by atoms with van der Waals surface area (Å²) >= 11 is 23.8. The summed E-state index contributed by atoms with van der Waals surface area (Å²) in [6.45, 7) is 0.281. The van der Waals surface area contributed by atoms with Crippen molar-refractivity contribution in [3.05, 3.63) is 61.8 Å². The minimum atomic E-state index is -0.349. The fraction of sp³-hybridized carbons (Fsp3) is 0.143. The highest BCUT2D eigenvalue weighted by Gasteiger charge is 2.18. The first-order chi connectivity index (χ1) is 9.90. The van der Waals surface area contributed by atoms with Crippen LogP contribution < -0.4 is 0 Å². The predicted molar refractivity (Wildman–Crippen MR) is 86.5 cm³/mol. The Balaban J connectivity index is 2.24. The quantitative estimate of drug-likeness (QED) is 0.721. The topological polar surface area (TPSA) is 33.2 Å². The Hall–Kier alpha value is -1.000. The molecule has 0 aliphatic rings. The van der Waals surface area contributed by atoms with Crippen molar-refractivity contribution in [2.75, 3.05) is 7.05 Å². The zero-order valence-corrected chi connectivity index (χ0v) is 13.9. The summed E-state index contributed by atoms with van der Waals surface area (Å²) in [5.41, 5.74) is 0.836. The largest absolute Gasteiger partial charge is 0.336 e. The van der Waals surface area contributed by atoms with Gasteiger partial charge in [-0.15, -0.1) is 0 Å². The second kappa shape index (κ2) is 6.84. The van der Waals surface area contributed by atoms with Gasteiger partial charge in [-0.05, 0) is 23.8 Å². The van der Waals surface area contributed by atoms with Crippen molar-refractivity contribution in [1.29, 1.82) is 0 Å².